The van der Waals surface area contributed by atoms with Crippen LogP contribution in [-0.2, 0) is 0 Å². The van der Waals surface area contributed by atoms with Crippen LogP contribution in [0, 0.1) is 5.92 Å². The van der Waals surface area contributed by atoms with Gasteiger partial charge in [0.2, 0.25) is 11.9 Å². The Labute approximate surface area is 222 Å². The summed E-state index contributed by atoms with van der Waals surface area (Å²) in [5, 5.41) is 0. The Bertz CT molecular complexity index is 1070. The number of nitrogens with zero attached hydrogens (tertiary/aromatic N) is 7. The molecule has 7 nitrogen and oxygen atoms in total. The third kappa shape index (κ3) is 7.49. The zero-order valence-electron chi connectivity index (χ0n) is 22.6. The Morgan fingerprint density at radius 3 is 2.42 bits per heavy atom. The van der Waals surface area contributed by atoms with Crippen molar-refractivity contribution in [3.05, 3.63) is 54.2 Å². The van der Waals surface area contributed by atoms with Crippen molar-refractivity contribution in [2.45, 2.75) is 58.9 Å². The number of anilines is 2. The van der Waals surface area contributed by atoms with Crippen molar-refractivity contribution in [3.8, 4) is 0 Å². The molecule has 0 aromatic carbocycles. The van der Waals surface area contributed by atoms with Gasteiger partial charge in [0.25, 0.3) is 0 Å². The number of hydrogen-bond donors (Lipinski definition) is 0. The molecule has 3 heterocycles. The van der Waals surface area contributed by atoms with Crippen molar-refractivity contribution in [2.24, 2.45) is 10.9 Å². The van der Waals surface area contributed by atoms with E-state index in [1.54, 1.807) is 11.0 Å². The monoisotopic (exact) mass is 535 g/mol. The van der Waals surface area contributed by atoms with E-state index < -0.39 is 18.3 Å². The molecule has 0 spiro atoms. The molecule has 11 heteroatoms. The minimum Gasteiger partial charge on any atom is -0.339 e. The summed E-state index contributed by atoms with van der Waals surface area (Å²) in [5.74, 6) is -0.719. The molecular formula is C27H37F4N7. The zero-order valence-corrected chi connectivity index (χ0v) is 22.6. The first-order chi connectivity index (χ1) is 18.0. The van der Waals surface area contributed by atoms with Crippen LogP contribution in [0.25, 0.3) is 0 Å². The molecule has 0 radical (unpaired) electrons. The van der Waals surface area contributed by atoms with Gasteiger partial charge in [-0.1, -0.05) is 30.4 Å². The number of allylic oxidation sites excluding steroid dienone is 7. The van der Waals surface area contributed by atoms with Crippen LogP contribution in [0.3, 0.4) is 0 Å². The third-order valence-electron chi connectivity index (χ3n) is 6.51. The van der Waals surface area contributed by atoms with Crippen LogP contribution in [0.4, 0.5) is 29.5 Å². The van der Waals surface area contributed by atoms with Crippen LogP contribution in [0.5, 0.6) is 0 Å². The molecule has 0 amide bonds. The Kier molecular flexibility index (Phi) is 10.2. The van der Waals surface area contributed by atoms with Crippen LogP contribution >= 0.6 is 0 Å². The smallest absolute Gasteiger partial charge is 0.339 e. The second-order valence-electron chi connectivity index (χ2n) is 9.55. The lowest BCUT2D eigenvalue weighted by atomic mass is 10.0. The molecule has 3 rings (SSSR count). The van der Waals surface area contributed by atoms with Gasteiger partial charge in [-0.25, -0.2) is 4.39 Å². The summed E-state index contributed by atoms with van der Waals surface area (Å²) in [5.41, 5.74) is 0. The maximum Gasteiger partial charge on any atom is 0.398 e. The van der Waals surface area contributed by atoms with Crippen molar-refractivity contribution in [2.75, 3.05) is 42.5 Å². The second-order valence-corrected chi connectivity index (χ2v) is 9.55. The highest BCUT2D eigenvalue weighted by atomic mass is 19.4. The Balaban J connectivity index is 1.90. The predicted octanol–water partition coefficient (Wildman–Crippen LogP) is 5.46. The van der Waals surface area contributed by atoms with Crippen LogP contribution in [0.15, 0.2) is 53.4 Å². The van der Waals surface area contributed by atoms with E-state index in [1.807, 2.05) is 37.0 Å². The molecule has 38 heavy (non-hydrogen) atoms. The lowest BCUT2D eigenvalue weighted by Crippen LogP contribution is -2.54. The van der Waals surface area contributed by atoms with Gasteiger partial charge in [-0.2, -0.15) is 28.1 Å². The van der Waals surface area contributed by atoms with E-state index in [0.29, 0.717) is 50.4 Å². The molecule has 1 fully saturated rings. The number of piperazine rings is 1. The fraction of sp³-hybridized carbons (Fsp3) is 0.556. The quantitative estimate of drug-likeness (QED) is 0.238. The maximum atomic E-state index is 13.6. The van der Waals surface area contributed by atoms with Gasteiger partial charge in [0.05, 0.1) is 11.7 Å². The van der Waals surface area contributed by atoms with E-state index in [0.717, 1.165) is 0 Å². The number of rotatable bonds is 9. The highest BCUT2D eigenvalue weighted by Crippen LogP contribution is 2.34. The molecule has 3 atom stereocenters. The average Bonchev–Trinajstić information content (AvgIpc) is 2.87. The van der Waals surface area contributed by atoms with Crippen LogP contribution in [0.2, 0.25) is 0 Å². The van der Waals surface area contributed by atoms with Crippen molar-refractivity contribution < 1.29 is 17.6 Å². The molecule has 2 aliphatic heterocycles. The number of aliphatic imine (C=N–C) groups is 1. The Morgan fingerprint density at radius 2 is 1.84 bits per heavy atom. The van der Waals surface area contributed by atoms with E-state index in [9.17, 15) is 17.6 Å². The largest absolute Gasteiger partial charge is 0.398 e. The summed E-state index contributed by atoms with van der Waals surface area (Å²) in [6.07, 6.45) is 7.28. The van der Waals surface area contributed by atoms with Crippen molar-refractivity contribution in [3.63, 3.8) is 0 Å². The molecule has 1 aromatic heterocycles. The van der Waals surface area contributed by atoms with Gasteiger partial charge in [0.1, 0.15) is 17.9 Å². The molecule has 0 bridgehead atoms. The topological polar surface area (TPSA) is 60.8 Å². The molecular weight excluding hydrogens is 498 g/mol. The van der Waals surface area contributed by atoms with E-state index in [1.165, 1.54) is 31.4 Å². The lowest BCUT2D eigenvalue weighted by Gasteiger charge is -2.41. The fourth-order valence-corrected chi connectivity index (χ4v) is 4.56. The third-order valence-corrected chi connectivity index (χ3v) is 6.51. The highest BCUT2D eigenvalue weighted by Gasteiger charge is 2.46. The second kappa shape index (κ2) is 13.1. The van der Waals surface area contributed by atoms with E-state index in [4.69, 9.17) is 15.0 Å². The SMILES string of the molecule is C/C=C/C(C=C/C=C(\C)F)c1nc(N2CCN(C3N=CC=CC3C(F)(F)F)CC2)nc(N(CC)C(C)C)n1. The van der Waals surface area contributed by atoms with Gasteiger partial charge in [-0.15, -0.1) is 0 Å². The summed E-state index contributed by atoms with van der Waals surface area (Å²) in [6, 6.07) is 0.143. The minimum atomic E-state index is -4.36. The average molecular weight is 536 g/mol. The zero-order chi connectivity index (χ0) is 27.9. The lowest BCUT2D eigenvalue weighted by molar-refractivity contribution is -0.177. The van der Waals surface area contributed by atoms with Crippen LogP contribution in [0.1, 0.15) is 46.4 Å². The number of halogens is 4. The highest BCUT2D eigenvalue weighted by molar-refractivity contribution is 5.72. The number of dihydropyridines is 1. The Hall–Kier alpha value is -3.08. The van der Waals surface area contributed by atoms with E-state index in [2.05, 4.69) is 23.7 Å². The summed E-state index contributed by atoms with van der Waals surface area (Å²) in [7, 11) is 0. The number of aromatic nitrogens is 3. The predicted molar refractivity (Wildman–Crippen MR) is 144 cm³/mol. The number of alkyl halides is 3. The maximum absolute atomic E-state index is 13.6. The molecule has 208 valence electrons. The van der Waals surface area contributed by atoms with Gasteiger partial charge in [-0.3, -0.25) is 9.89 Å². The first kappa shape index (κ1) is 29.5. The van der Waals surface area contributed by atoms with Gasteiger partial charge in [0.15, 0.2) is 0 Å². The summed E-state index contributed by atoms with van der Waals surface area (Å²) in [6.45, 7) is 11.8. The van der Waals surface area contributed by atoms with Crippen molar-refractivity contribution >= 4 is 18.1 Å². The minimum absolute atomic E-state index is 0.143. The summed E-state index contributed by atoms with van der Waals surface area (Å²) in [4.78, 5) is 24.2. The molecule has 3 unspecified atom stereocenters. The van der Waals surface area contributed by atoms with Gasteiger partial charge >= 0.3 is 6.18 Å². The number of hydrogen-bond acceptors (Lipinski definition) is 7. The molecule has 1 aromatic rings. The summed E-state index contributed by atoms with van der Waals surface area (Å²) < 4.78 is 54.0. The molecule has 1 saturated heterocycles. The van der Waals surface area contributed by atoms with Crippen molar-refractivity contribution in [1.82, 2.24) is 19.9 Å². The van der Waals surface area contributed by atoms with Crippen LogP contribution in [-0.4, -0.2) is 77.2 Å². The van der Waals surface area contributed by atoms with Crippen molar-refractivity contribution in [1.29, 1.82) is 0 Å². The molecule has 0 N–H and O–H groups in total. The van der Waals surface area contributed by atoms with Gasteiger partial charge < -0.3 is 9.80 Å². The normalized spacial score (nSPS) is 22.3. The molecule has 0 aliphatic carbocycles. The van der Waals surface area contributed by atoms with Gasteiger partial charge in [-0.05, 0) is 46.8 Å². The van der Waals surface area contributed by atoms with E-state index >= 15 is 0 Å². The molecule has 2 aliphatic rings. The van der Waals surface area contributed by atoms with E-state index in [-0.39, 0.29) is 17.8 Å². The molecule has 0 saturated carbocycles. The summed E-state index contributed by atoms with van der Waals surface area (Å²) >= 11 is 0. The van der Waals surface area contributed by atoms with Crippen LogP contribution < -0.4 is 9.80 Å². The first-order valence-electron chi connectivity index (χ1n) is 13.0. The standard InChI is InChI=1S/C27H37F4N7/c1-6-10-21(12-8-11-20(5)28)23-33-25(35-26(34-23)38(7-2)19(3)4)37-17-15-36(16-18-37)24-22(27(29,30)31)13-9-14-32-24/h6,8-14,19,21-22,24H,7,15-18H2,1-5H3/b10-6+,12-8?,20-11+. The fourth-order valence-electron chi connectivity index (χ4n) is 4.56. The van der Waals surface area contributed by atoms with Gasteiger partial charge in [0, 0.05) is 45.0 Å². The first-order valence-corrected chi connectivity index (χ1v) is 13.0. The Morgan fingerprint density at radius 1 is 1.13 bits per heavy atom.